The van der Waals surface area contributed by atoms with E-state index in [2.05, 4.69) is 41.6 Å². The van der Waals surface area contributed by atoms with Gasteiger partial charge < -0.3 is 0 Å². The second kappa shape index (κ2) is 3.71. The van der Waals surface area contributed by atoms with Gasteiger partial charge in [0.25, 0.3) is 0 Å². The van der Waals surface area contributed by atoms with Crippen molar-refractivity contribution in [3.05, 3.63) is 52.0 Å². The Morgan fingerprint density at radius 2 is 2.00 bits per heavy atom. The summed E-state index contributed by atoms with van der Waals surface area (Å²) in [7, 11) is 0. The summed E-state index contributed by atoms with van der Waals surface area (Å²) in [6, 6.07) is 8.60. The molecule has 0 atom stereocenters. The molecule has 1 heterocycles. The van der Waals surface area contributed by atoms with Crippen LogP contribution < -0.4 is 0 Å². The summed E-state index contributed by atoms with van der Waals surface area (Å²) in [5, 5.41) is 2.10. The maximum absolute atomic E-state index is 4.25. The lowest BCUT2D eigenvalue weighted by atomic mass is 10.1. The lowest BCUT2D eigenvalue weighted by molar-refractivity contribution is 1.10. The lowest BCUT2D eigenvalue weighted by Crippen LogP contribution is -1.87. The van der Waals surface area contributed by atoms with Gasteiger partial charge >= 0.3 is 0 Å². The average Bonchev–Trinajstić information content (AvgIpc) is 2.62. The highest BCUT2D eigenvalue weighted by Crippen LogP contribution is 2.10. The van der Waals surface area contributed by atoms with Crippen LogP contribution in [0.2, 0.25) is 0 Å². The summed E-state index contributed by atoms with van der Waals surface area (Å²) in [4.78, 5) is 4.25. The van der Waals surface area contributed by atoms with E-state index >= 15 is 0 Å². The van der Waals surface area contributed by atoms with E-state index in [4.69, 9.17) is 0 Å². The topological polar surface area (TPSA) is 12.9 Å². The van der Waals surface area contributed by atoms with Gasteiger partial charge in [-0.1, -0.05) is 29.8 Å². The normalized spacial score (nSPS) is 10.2. The van der Waals surface area contributed by atoms with Crippen molar-refractivity contribution in [2.24, 2.45) is 0 Å². The molecule has 1 aromatic heterocycles. The molecule has 66 valence electrons. The number of hydrogen-bond acceptors (Lipinski definition) is 2. The lowest BCUT2D eigenvalue weighted by Gasteiger charge is -1.98. The van der Waals surface area contributed by atoms with Crippen molar-refractivity contribution >= 4 is 11.3 Å². The molecular weight excluding hydrogens is 178 g/mol. The zero-order valence-electron chi connectivity index (χ0n) is 7.53. The minimum Gasteiger partial charge on any atom is -0.249 e. The van der Waals surface area contributed by atoms with Crippen LogP contribution in [-0.2, 0) is 6.42 Å². The Bertz CT molecular complexity index is 361. The number of aryl methyl sites for hydroxylation is 1. The smallest absolute Gasteiger partial charge is 0.0794 e. The number of thiazole rings is 1. The highest BCUT2D eigenvalue weighted by Gasteiger charge is 1.96. The fourth-order valence-corrected chi connectivity index (χ4v) is 1.80. The van der Waals surface area contributed by atoms with E-state index in [0.717, 1.165) is 12.1 Å². The highest BCUT2D eigenvalue weighted by atomic mass is 32.1. The Morgan fingerprint density at radius 1 is 1.23 bits per heavy atom. The van der Waals surface area contributed by atoms with Gasteiger partial charge in [0.1, 0.15) is 0 Å². The van der Waals surface area contributed by atoms with Crippen LogP contribution in [0.3, 0.4) is 0 Å². The Labute approximate surface area is 82.1 Å². The van der Waals surface area contributed by atoms with E-state index < -0.39 is 0 Å². The summed E-state index contributed by atoms with van der Waals surface area (Å²) >= 11 is 1.65. The van der Waals surface area contributed by atoms with Crippen molar-refractivity contribution in [3.63, 3.8) is 0 Å². The Kier molecular flexibility index (Phi) is 2.41. The first kappa shape index (κ1) is 8.45. The van der Waals surface area contributed by atoms with E-state index in [1.54, 1.807) is 11.3 Å². The fourth-order valence-electron chi connectivity index (χ4n) is 1.24. The Balaban J connectivity index is 2.15. The maximum Gasteiger partial charge on any atom is 0.0794 e. The van der Waals surface area contributed by atoms with Crippen molar-refractivity contribution in [1.82, 2.24) is 4.98 Å². The molecule has 0 unspecified atom stereocenters. The average molecular weight is 189 g/mol. The van der Waals surface area contributed by atoms with Gasteiger partial charge in [-0.2, -0.15) is 0 Å². The van der Waals surface area contributed by atoms with Crippen molar-refractivity contribution < 1.29 is 0 Å². The summed E-state index contributed by atoms with van der Waals surface area (Å²) in [5.74, 6) is 0. The quantitative estimate of drug-likeness (QED) is 0.707. The van der Waals surface area contributed by atoms with Crippen LogP contribution in [-0.4, -0.2) is 4.98 Å². The molecule has 2 aromatic rings. The van der Waals surface area contributed by atoms with Gasteiger partial charge in [-0.15, -0.1) is 11.3 Å². The van der Waals surface area contributed by atoms with Crippen LogP contribution in [0.1, 0.15) is 16.8 Å². The largest absolute Gasteiger partial charge is 0.249 e. The number of benzene rings is 1. The van der Waals surface area contributed by atoms with Crippen LogP contribution in [0.5, 0.6) is 0 Å². The standard InChI is InChI=1S/C11H11NS/c1-9-2-4-10(5-3-9)6-11-7-13-8-12-11/h2-5,7-8H,6H2,1H3. The molecule has 0 aliphatic carbocycles. The van der Waals surface area contributed by atoms with E-state index in [9.17, 15) is 0 Å². The summed E-state index contributed by atoms with van der Waals surface area (Å²) in [5.41, 5.74) is 5.68. The summed E-state index contributed by atoms with van der Waals surface area (Å²) in [6.45, 7) is 2.10. The third-order valence-electron chi connectivity index (χ3n) is 1.99. The van der Waals surface area contributed by atoms with Gasteiger partial charge in [0.2, 0.25) is 0 Å². The molecule has 0 fully saturated rings. The zero-order chi connectivity index (χ0) is 9.10. The first-order valence-electron chi connectivity index (χ1n) is 4.27. The molecule has 0 N–H and O–H groups in total. The third kappa shape index (κ3) is 2.16. The first-order valence-corrected chi connectivity index (χ1v) is 5.21. The van der Waals surface area contributed by atoms with Crippen LogP contribution in [0.4, 0.5) is 0 Å². The Hall–Kier alpha value is -1.15. The molecule has 0 bridgehead atoms. The van der Waals surface area contributed by atoms with Crippen LogP contribution in [0.25, 0.3) is 0 Å². The highest BCUT2D eigenvalue weighted by molar-refractivity contribution is 7.07. The first-order chi connectivity index (χ1) is 6.34. The molecule has 1 aromatic carbocycles. The van der Waals surface area contributed by atoms with Crippen LogP contribution in [0.15, 0.2) is 35.2 Å². The second-order valence-corrected chi connectivity index (χ2v) is 3.86. The van der Waals surface area contributed by atoms with Crippen molar-refractivity contribution in [1.29, 1.82) is 0 Å². The van der Waals surface area contributed by atoms with Crippen LogP contribution >= 0.6 is 11.3 Å². The van der Waals surface area contributed by atoms with E-state index in [1.807, 2.05) is 5.51 Å². The molecule has 0 saturated heterocycles. The fraction of sp³-hybridized carbons (Fsp3) is 0.182. The zero-order valence-corrected chi connectivity index (χ0v) is 8.34. The molecule has 0 radical (unpaired) electrons. The predicted molar refractivity (Wildman–Crippen MR) is 56.1 cm³/mol. The molecule has 1 nitrogen and oxygen atoms in total. The van der Waals surface area contributed by atoms with Gasteiger partial charge in [0.05, 0.1) is 11.2 Å². The van der Waals surface area contributed by atoms with Gasteiger partial charge in [-0.3, -0.25) is 0 Å². The second-order valence-electron chi connectivity index (χ2n) is 3.14. The monoisotopic (exact) mass is 189 g/mol. The van der Waals surface area contributed by atoms with E-state index in [0.29, 0.717) is 0 Å². The van der Waals surface area contributed by atoms with E-state index in [-0.39, 0.29) is 0 Å². The molecule has 0 aliphatic heterocycles. The molecule has 0 aliphatic rings. The van der Waals surface area contributed by atoms with Gasteiger partial charge in [-0.05, 0) is 12.5 Å². The minimum absolute atomic E-state index is 0.948. The summed E-state index contributed by atoms with van der Waals surface area (Å²) in [6.07, 6.45) is 0.948. The molecule has 0 saturated carbocycles. The van der Waals surface area contributed by atoms with Crippen molar-refractivity contribution in [2.45, 2.75) is 13.3 Å². The number of nitrogens with zero attached hydrogens (tertiary/aromatic N) is 1. The molecule has 2 heteroatoms. The van der Waals surface area contributed by atoms with Gasteiger partial charge in [-0.25, -0.2) is 4.98 Å². The molecule has 13 heavy (non-hydrogen) atoms. The predicted octanol–water partition coefficient (Wildman–Crippen LogP) is 3.04. The summed E-state index contributed by atoms with van der Waals surface area (Å²) < 4.78 is 0. The molecular formula is C11H11NS. The van der Waals surface area contributed by atoms with Crippen molar-refractivity contribution in [3.8, 4) is 0 Å². The van der Waals surface area contributed by atoms with Crippen molar-refractivity contribution in [2.75, 3.05) is 0 Å². The molecule has 0 amide bonds. The Morgan fingerprint density at radius 3 is 2.62 bits per heavy atom. The number of rotatable bonds is 2. The SMILES string of the molecule is Cc1ccc(Cc2cscn2)cc1. The van der Waals surface area contributed by atoms with E-state index in [1.165, 1.54) is 11.1 Å². The molecule has 0 spiro atoms. The minimum atomic E-state index is 0.948. The van der Waals surface area contributed by atoms with Crippen LogP contribution in [0, 0.1) is 6.92 Å². The number of hydrogen-bond donors (Lipinski definition) is 0. The number of aromatic nitrogens is 1. The molecule has 2 rings (SSSR count). The van der Waals surface area contributed by atoms with Gasteiger partial charge in [0, 0.05) is 11.8 Å². The maximum atomic E-state index is 4.25. The van der Waals surface area contributed by atoms with Gasteiger partial charge in [0.15, 0.2) is 0 Å². The third-order valence-corrected chi connectivity index (χ3v) is 2.62.